The summed E-state index contributed by atoms with van der Waals surface area (Å²) < 4.78 is 1.46. The molecule has 1 aromatic rings. The number of rotatable bonds is 3. The van der Waals surface area contributed by atoms with E-state index in [1.807, 2.05) is 0 Å². The maximum absolute atomic E-state index is 11.2. The molecular weight excluding hydrogens is 196 g/mol. The highest BCUT2D eigenvalue weighted by molar-refractivity contribution is 5.82. The topological polar surface area (TPSA) is 75.4 Å². The third-order valence-corrected chi connectivity index (χ3v) is 2.92. The number of aromatic nitrogens is 2. The van der Waals surface area contributed by atoms with Gasteiger partial charge in [-0.3, -0.25) is 4.79 Å². The van der Waals surface area contributed by atoms with Crippen molar-refractivity contribution in [2.24, 2.45) is 0 Å². The molecule has 1 aliphatic carbocycles. The molecule has 15 heavy (non-hydrogen) atoms. The fourth-order valence-corrected chi connectivity index (χ4v) is 1.96. The van der Waals surface area contributed by atoms with Crippen LogP contribution in [-0.4, -0.2) is 32.1 Å². The third kappa shape index (κ3) is 1.35. The Morgan fingerprint density at radius 1 is 1.73 bits per heavy atom. The molecule has 2 rings (SSSR count). The van der Waals surface area contributed by atoms with Gasteiger partial charge in [-0.25, -0.2) is 4.68 Å². The standard InChI is InChI=1S/C10H12N2O3/c1-2-12-6-7(5-11-12)10(9(14)15)3-8(13)4-10/h2,5-6,8,13H,1,3-4H2,(H,14,15). The number of carboxylic acid groups (broad SMARTS) is 1. The van der Waals surface area contributed by atoms with Gasteiger partial charge < -0.3 is 10.2 Å². The molecule has 80 valence electrons. The van der Waals surface area contributed by atoms with Crippen LogP contribution in [-0.2, 0) is 10.2 Å². The molecule has 1 aromatic heterocycles. The predicted molar refractivity (Wildman–Crippen MR) is 53.2 cm³/mol. The Bertz CT molecular complexity index is 405. The zero-order valence-electron chi connectivity index (χ0n) is 8.13. The number of carbonyl (C=O) groups is 1. The van der Waals surface area contributed by atoms with E-state index in [0.29, 0.717) is 5.56 Å². The second kappa shape index (κ2) is 3.20. The SMILES string of the molecule is C=Cn1cc(C2(C(=O)O)CC(O)C2)cn1. The summed E-state index contributed by atoms with van der Waals surface area (Å²) >= 11 is 0. The Hall–Kier alpha value is -1.62. The minimum Gasteiger partial charge on any atom is -0.481 e. The third-order valence-electron chi connectivity index (χ3n) is 2.92. The largest absolute Gasteiger partial charge is 0.481 e. The van der Waals surface area contributed by atoms with E-state index in [9.17, 15) is 9.90 Å². The molecule has 0 unspecified atom stereocenters. The first-order valence-electron chi connectivity index (χ1n) is 4.67. The van der Waals surface area contributed by atoms with Gasteiger partial charge in [0, 0.05) is 18.0 Å². The average Bonchev–Trinajstić information content (AvgIpc) is 2.60. The first kappa shape index (κ1) is 9.92. The van der Waals surface area contributed by atoms with Crippen LogP contribution in [0.1, 0.15) is 18.4 Å². The van der Waals surface area contributed by atoms with Crippen molar-refractivity contribution in [1.29, 1.82) is 0 Å². The van der Waals surface area contributed by atoms with Crippen molar-refractivity contribution >= 4 is 12.2 Å². The van der Waals surface area contributed by atoms with Crippen molar-refractivity contribution in [2.45, 2.75) is 24.4 Å². The van der Waals surface area contributed by atoms with E-state index in [1.54, 1.807) is 6.20 Å². The minimum absolute atomic E-state index is 0.255. The molecule has 0 radical (unpaired) electrons. The molecule has 1 heterocycles. The maximum atomic E-state index is 11.2. The number of carboxylic acids is 1. The summed E-state index contributed by atoms with van der Waals surface area (Å²) in [7, 11) is 0. The summed E-state index contributed by atoms with van der Waals surface area (Å²) in [5.41, 5.74) is -0.332. The summed E-state index contributed by atoms with van der Waals surface area (Å²) in [6.07, 6.45) is 4.63. The quantitative estimate of drug-likeness (QED) is 0.756. The van der Waals surface area contributed by atoms with Gasteiger partial charge in [0.05, 0.1) is 12.3 Å². The van der Waals surface area contributed by atoms with E-state index in [4.69, 9.17) is 5.11 Å². The van der Waals surface area contributed by atoms with Crippen LogP contribution in [0.25, 0.3) is 6.20 Å². The van der Waals surface area contributed by atoms with Crippen molar-refractivity contribution in [3.05, 3.63) is 24.5 Å². The van der Waals surface area contributed by atoms with E-state index in [-0.39, 0.29) is 12.8 Å². The molecule has 5 heteroatoms. The second-order valence-electron chi connectivity index (χ2n) is 3.84. The highest BCUT2D eigenvalue weighted by Crippen LogP contribution is 2.43. The normalized spacial score (nSPS) is 29.5. The lowest BCUT2D eigenvalue weighted by molar-refractivity contribution is -0.152. The minimum atomic E-state index is -0.958. The number of nitrogens with zero attached hydrogens (tertiary/aromatic N) is 2. The number of aliphatic carboxylic acids is 1. The van der Waals surface area contributed by atoms with Crippen molar-refractivity contribution in [2.75, 3.05) is 0 Å². The molecule has 0 bridgehead atoms. The highest BCUT2D eigenvalue weighted by Gasteiger charge is 2.52. The number of hydrogen-bond donors (Lipinski definition) is 2. The first-order valence-corrected chi connectivity index (χ1v) is 4.67. The van der Waals surface area contributed by atoms with Crippen molar-refractivity contribution in [1.82, 2.24) is 9.78 Å². The van der Waals surface area contributed by atoms with Crippen LogP contribution in [0.15, 0.2) is 19.0 Å². The van der Waals surface area contributed by atoms with Crippen LogP contribution in [0.3, 0.4) is 0 Å². The molecule has 2 N–H and O–H groups in total. The zero-order chi connectivity index (χ0) is 11.1. The number of aliphatic hydroxyl groups is 1. The van der Waals surface area contributed by atoms with Crippen molar-refractivity contribution < 1.29 is 15.0 Å². The Morgan fingerprint density at radius 2 is 2.40 bits per heavy atom. The fourth-order valence-electron chi connectivity index (χ4n) is 1.96. The van der Waals surface area contributed by atoms with Gasteiger partial charge in [0.1, 0.15) is 5.41 Å². The first-order chi connectivity index (χ1) is 7.08. The molecule has 0 amide bonds. The van der Waals surface area contributed by atoms with E-state index < -0.39 is 17.5 Å². The van der Waals surface area contributed by atoms with Crippen LogP contribution in [0.2, 0.25) is 0 Å². The van der Waals surface area contributed by atoms with E-state index in [1.165, 1.54) is 17.1 Å². The molecular formula is C10H12N2O3. The monoisotopic (exact) mass is 208 g/mol. The Balaban J connectivity index is 2.34. The fraction of sp³-hybridized carbons (Fsp3) is 0.400. The molecule has 1 saturated carbocycles. The van der Waals surface area contributed by atoms with Crippen LogP contribution in [0.4, 0.5) is 0 Å². The smallest absolute Gasteiger partial charge is 0.314 e. The van der Waals surface area contributed by atoms with Gasteiger partial charge in [-0.1, -0.05) is 6.58 Å². The number of aliphatic hydroxyl groups excluding tert-OH is 1. The zero-order valence-corrected chi connectivity index (χ0v) is 8.13. The van der Waals surface area contributed by atoms with Gasteiger partial charge in [-0.15, -0.1) is 0 Å². The van der Waals surface area contributed by atoms with Crippen molar-refractivity contribution in [3.63, 3.8) is 0 Å². The van der Waals surface area contributed by atoms with E-state index in [0.717, 1.165) is 0 Å². The lowest BCUT2D eigenvalue weighted by atomic mass is 9.63. The molecule has 0 spiro atoms. The average molecular weight is 208 g/mol. The van der Waals surface area contributed by atoms with Gasteiger partial charge in [0.25, 0.3) is 0 Å². The molecule has 0 atom stereocenters. The predicted octanol–water partition coefficient (Wildman–Crippen LogP) is 0.461. The molecule has 0 aliphatic heterocycles. The van der Waals surface area contributed by atoms with Gasteiger partial charge in [-0.2, -0.15) is 5.10 Å². The van der Waals surface area contributed by atoms with E-state index >= 15 is 0 Å². The summed E-state index contributed by atoms with van der Waals surface area (Å²) in [5.74, 6) is -0.906. The summed E-state index contributed by atoms with van der Waals surface area (Å²) in [4.78, 5) is 11.2. The lowest BCUT2D eigenvalue weighted by Gasteiger charge is -2.40. The van der Waals surface area contributed by atoms with Gasteiger partial charge >= 0.3 is 5.97 Å². The molecule has 1 aliphatic rings. The Labute approximate surface area is 86.6 Å². The van der Waals surface area contributed by atoms with Crippen molar-refractivity contribution in [3.8, 4) is 0 Å². The Kier molecular flexibility index (Phi) is 2.12. The summed E-state index contributed by atoms with van der Waals surface area (Å²) in [6, 6.07) is 0. The van der Waals surface area contributed by atoms with Crippen LogP contribution < -0.4 is 0 Å². The summed E-state index contributed by atoms with van der Waals surface area (Å²) in [5, 5.41) is 22.4. The Morgan fingerprint density at radius 3 is 2.80 bits per heavy atom. The van der Waals surface area contributed by atoms with Crippen LogP contribution in [0, 0.1) is 0 Å². The molecule has 5 nitrogen and oxygen atoms in total. The molecule has 0 saturated heterocycles. The van der Waals surface area contributed by atoms with Gasteiger partial charge in [0.2, 0.25) is 0 Å². The van der Waals surface area contributed by atoms with E-state index in [2.05, 4.69) is 11.7 Å². The van der Waals surface area contributed by atoms with Crippen LogP contribution >= 0.6 is 0 Å². The van der Waals surface area contributed by atoms with Gasteiger partial charge in [-0.05, 0) is 12.8 Å². The lowest BCUT2D eigenvalue weighted by Crippen LogP contribution is -2.50. The second-order valence-corrected chi connectivity index (χ2v) is 3.84. The van der Waals surface area contributed by atoms with Crippen LogP contribution in [0.5, 0.6) is 0 Å². The summed E-state index contributed by atoms with van der Waals surface area (Å²) in [6.45, 7) is 3.53. The van der Waals surface area contributed by atoms with Gasteiger partial charge in [0.15, 0.2) is 0 Å². The highest BCUT2D eigenvalue weighted by atomic mass is 16.4. The molecule has 1 fully saturated rings. The molecule has 0 aromatic carbocycles. The number of hydrogen-bond acceptors (Lipinski definition) is 3. The maximum Gasteiger partial charge on any atom is 0.314 e.